The van der Waals surface area contributed by atoms with Crippen LogP contribution >= 0.6 is 12.6 Å². The second-order valence-electron chi connectivity index (χ2n) is 10.4. The van der Waals surface area contributed by atoms with Gasteiger partial charge in [-0.3, -0.25) is 0 Å². The molecule has 0 aromatic rings. The third-order valence-electron chi connectivity index (χ3n) is 5.24. The van der Waals surface area contributed by atoms with Crippen molar-refractivity contribution in [2.24, 2.45) is 5.41 Å². The fourth-order valence-electron chi connectivity index (χ4n) is 4.11. The summed E-state index contributed by atoms with van der Waals surface area (Å²) in [4.78, 5) is 12.6. The molecule has 188 valence electrons. The van der Waals surface area contributed by atoms with Gasteiger partial charge < -0.3 is 40.9 Å². The van der Waals surface area contributed by atoms with E-state index in [2.05, 4.69) is 23.3 Å². The molecule has 7 N–H and O–H groups in total. The summed E-state index contributed by atoms with van der Waals surface area (Å²) in [6.45, 7) is 9.77. The van der Waals surface area contributed by atoms with Crippen LogP contribution in [0.25, 0.3) is 0 Å². The first kappa shape index (κ1) is 29.2. The highest BCUT2D eigenvalue weighted by atomic mass is 32.1. The molecule has 0 spiro atoms. The lowest BCUT2D eigenvalue weighted by Crippen LogP contribution is -2.56. The molecule has 0 fully saturated rings. The smallest absolute Gasteiger partial charge is 0.408 e. The molecule has 0 saturated carbocycles. The summed E-state index contributed by atoms with van der Waals surface area (Å²) >= 11 is 3.89. The molecule has 0 heterocycles. The molecule has 1 aliphatic carbocycles. The van der Waals surface area contributed by atoms with Crippen LogP contribution in [0.5, 0.6) is 0 Å². The molecular weight excluding hydrogens is 436 g/mol. The Morgan fingerprint density at radius 2 is 1.69 bits per heavy atom. The van der Waals surface area contributed by atoms with E-state index in [0.717, 1.165) is 0 Å². The highest BCUT2D eigenvalue weighted by Gasteiger charge is 2.34. The van der Waals surface area contributed by atoms with E-state index >= 15 is 0 Å². The number of alkyl carbamates (subject to hydrolysis) is 1. The molecule has 1 rings (SSSR count). The zero-order valence-electron chi connectivity index (χ0n) is 19.7. The minimum atomic E-state index is -1.34. The van der Waals surface area contributed by atoms with Crippen molar-refractivity contribution in [1.82, 2.24) is 10.6 Å². The molecule has 0 aliphatic heterocycles. The summed E-state index contributed by atoms with van der Waals surface area (Å²) in [6.07, 6.45) is -0.889. The molecule has 0 bridgehead atoms. The quantitative estimate of drug-likeness (QED) is 0.137. The Morgan fingerprint density at radius 1 is 1.09 bits per heavy atom. The van der Waals surface area contributed by atoms with Gasteiger partial charge in [0.15, 0.2) is 0 Å². The van der Waals surface area contributed by atoms with E-state index in [1.165, 1.54) is 0 Å². The highest BCUT2D eigenvalue weighted by molar-refractivity contribution is 7.80. The normalized spacial score (nSPS) is 28.7. The van der Waals surface area contributed by atoms with Gasteiger partial charge in [0.2, 0.25) is 0 Å². The Balaban J connectivity index is 2.84. The van der Waals surface area contributed by atoms with E-state index in [-0.39, 0.29) is 24.8 Å². The van der Waals surface area contributed by atoms with Crippen LogP contribution in [0, 0.1) is 5.41 Å². The van der Waals surface area contributed by atoms with Crippen LogP contribution < -0.4 is 10.6 Å². The van der Waals surface area contributed by atoms with Crippen LogP contribution in [-0.2, 0) is 4.74 Å². The largest absolute Gasteiger partial charge is 0.444 e. The van der Waals surface area contributed by atoms with E-state index in [1.54, 1.807) is 12.2 Å². The second-order valence-corrected chi connectivity index (χ2v) is 11.0. The van der Waals surface area contributed by atoms with Crippen molar-refractivity contribution in [1.29, 1.82) is 0 Å². The maximum Gasteiger partial charge on any atom is 0.408 e. The average molecular weight is 479 g/mol. The first-order chi connectivity index (χ1) is 14.6. The number of hydrogen-bond donors (Lipinski definition) is 8. The molecule has 10 heteroatoms. The van der Waals surface area contributed by atoms with Gasteiger partial charge in [0.1, 0.15) is 11.7 Å². The van der Waals surface area contributed by atoms with Crippen LogP contribution in [0.2, 0.25) is 0 Å². The van der Waals surface area contributed by atoms with E-state index < -0.39 is 53.6 Å². The SMILES string of the molecule is CC(C)(C)CC(C)(C)OC(=O)NC(CNC1C/C=C\CC(O)C(O)C1O)C(O)CC(O)S. The van der Waals surface area contributed by atoms with Crippen LogP contribution in [0.1, 0.15) is 60.3 Å². The van der Waals surface area contributed by atoms with Gasteiger partial charge in [-0.15, -0.1) is 12.6 Å². The summed E-state index contributed by atoms with van der Waals surface area (Å²) in [7, 11) is 0. The number of carbonyl (C=O) groups excluding carboxylic acids is 1. The van der Waals surface area contributed by atoms with Gasteiger partial charge in [-0.1, -0.05) is 32.9 Å². The van der Waals surface area contributed by atoms with Crippen molar-refractivity contribution in [2.75, 3.05) is 6.54 Å². The predicted octanol–water partition coefficient (Wildman–Crippen LogP) is 0.686. The van der Waals surface area contributed by atoms with Gasteiger partial charge >= 0.3 is 6.09 Å². The molecule has 0 radical (unpaired) electrons. The van der Waals surface area contributed by atoms with E-state index in [9.17, 15) is 30.3 Å². The van der Waals surface area contributed by atoms with Crippen molar-refractivity contribution >= 4 is 18.7 Å². The zero-order chi connectivity index (χ0) is 24.7. The number of hydrogen-bond acceptors (Lipinski definition) is 9. The third-order valence-corrected chi connectivity index (χ3v) is 5.45. The minimum Gasteiger partial charge on any atom is -0.444 e. The van der Waals surface area contributed by atoms with Crippen molar-refractivity contribution in [2.45, 2.75) is 108 Å². The monoisotopic (exact) mass is 478 g/mol. The molecule has 7 atom stereocenters. The number of rotatable bonds is 9. The third kappa shape index (κ3) is 10.8. The number of ether oxygens (including phenoxy) is 1. The van der Waals surface area contributed by atoms with Gasteiger partial charge in [0.05, 0.1) is 29.8 Å². The maximum absolute atomic E-state index is 12.6. The fraction of sp³-hybridized carbons (Fsp3) is 0.864. The number of aliphatic hydroxyl groups excluding tert-OH is 5. The van der Waals surface area contributed by atoms with Gasteiger partial charge in [-0.25, -0.2) is 4.79 Å². The summed E-state index contributed by atoms with van der Waals surface area (Å²) in [6, 6.07) is -1.49. The first-order valence-corrected chi connectivity index (χ1v) is 11.6. The van der Waals surface area contributed by atoms with E-state index in [0.29, 0.717) is 12.8 Å². The number of carbonyl (C=O) groups is 1. The summed E-state index contributed by atoms with van der Waals surface area (Å²) in [5, 5.41) is 56.2. The lowest BCUT2D eigenvalue weighted by Gasteiger charge is -2.35. The van der Waals surface area contributed by atoms with Crippen molar-refractivity contribution in [3.63, 3.8) is 0 Å². The summed E-state index contributed by atoms with van der Waals surface area (Å²) in [5.41, 5.74) is -1.89. The van der Waals surface area contributed by atoms with Gasteiger partial charge in [0, 0.05) is 19.0 Å². The Hall–Kier alpha value is -0.880. The minimum absolute atomic E-state index is 0.0227. The van der Waals surface area contributed by atoms with Crippen LogP contribution in [0.3, 0.4) is 0 Å². The predicted molar refractivity (Wildman–Crippen MR) is 125 cm³/mol. The molecule has 1 aliphatic rings. The van der Waals surface area contributed by atoms with Crippen LogP contribution in [0.4, 0.5) is 4.79 Å². The lowest BCUT2D eigenvalue weighted by atomic mass is 9.84. The molecule has 9 nitrogen and oxygen atoms in total. The number of thiol groups is 1. The molecule has 0 aromatic carbocycles. The van der Waals surface area contributed by atoms with Crippen LogP contribution in [-0.4, -0.2) is 85.7 Å². The standard InChI is InChI=1S/C22H42N2O7S/c1-21(2,3)12-22(4,5)31-20(30)24-14(16(26)10-17(27)32)11-23-13-8-6-7-9-15(25)19(29)18(13)28/h6-7,13-19,23,25-29,32H,8-12H2,1-5H3,(H,24,30)/b7-6-. The Kier molecular flexibility index (Phi) is 11.4. The van der Waals surface area contributed by atoms with Gasteiger partial charge in [-0.05, 0) is 38.5 Å². The first-order valence-electron chi connectivity index (χ1n) is 11.1. The Morgan fingerprint density at radius 3 is 2.25 bits per heavy atom. The molecule has 32 heavy (non-hydrogen) atoms. The fourth-order valence-corrected chi connectivity index (χ4v) is 4.33. The lowest BCUT2D eigenvalue weighted by molar-refractivity contribution is -0.0723. The average Bonchev–Trinajstić information content (AvgIpc) is 2.60. The molecule has 7 unspecified atom stereocenters. The van der Waals surface area contributed by atoms with E-state index in [1.807, 2.05) is 34.6 Å². The summed E-state index contributed by atoms with van der Waals surface area (Å²) in [5.74, 6) is 0. The van der Waals surface area contributed by atoms with Crippen molar-refractivity contribution in [3.05, 3.63) is 12.2 Å². The van der Waals surface area contributed by atoms with Crippen molar-refractivity contribution in [3.8, 4) is 0 Å². The number of aliphatic hydroxyl groups is 5. The number of amides is 1. The van der Waals surface area contributed by atoms with Crippen LogP contribution in [0.15, 0.2) is 12.2 Å². The van der Waals surface area contributed by atoms with Crippen molar-refractivity contribution < 1.29 is 35.1 Å². The van der Waals surface area contributed by atoms with Gasteiger partial charge in [0.25, 0.3) is 0 Å². The highest BCUT2D eigenvalue weighted by Crippen LogP contribution is 2.29. The van der Waals surface area contributed by atoms with Gasteiger partial charge in [-0.2, -0.15) is 0 Å². The Bertz CT molecular complexity index is 610. The van der Waals surface area contributed by atoms with E-state index in [4.69, 9.17) is 4.74 Å². The number of nitrogens with one attached hydrogen (secondary N) is 2. The maximum atomic E-state index is 12.6. The summed E-state index contributed by atoms with van der Waals surface area (Å²) < 4.78 is 5.58. The topological polar surface area (TPSA) is 152 Å². The molecule has 0 aromatic heterocycles. The Labute approximate surface area is 196 Å². The molecule has 1 amide bonds. The molecule has 0 saturated heterocycles. The molecular formula is C22H42N2O7S. The zero-order valence-corrected chi connectivity index (χ0v) is 20.6. The second kappa shape index (κ2) is 12.5.